The second kappa shape index (κ2) is 5.54. The molecule has 0 radical (unpaired) electrons. The van der Waals surface area contributed by atoms with Crippen LogP contribution < -0.4 is 4.90 Å². The lowest BCUT2D eigenvalue weighted by Gasteiger charge is -2.35. The highest BCUT2D eigenvalue weighted by atomic mass is 35.5. The van der Waals surface area contributed by atoms with Crippen LogP contribution in [0.15, 0.2) is 60.7 Å². The van der Waals surface area contributed by atoms with Gasteiger partial charge in [-0.15, -0.1) is 0 Å². The first kappa shape index (κ1) is 15.0. The highest BCUT2D eigenvalue weighted by Gasteiger charge is 2.58. The van der Waals surface area contributed by atoms with Crippen molar-refractivity contribution in [2.24, 2.45) is 0 Å². The number of nitrogens with zero attached hydrogens (tertiary/aromatic N) is 1. The number of alkyl halides is 5. The van der Waals surface area contributed by atoms with Crippen LogP contribution in [0.5, 0.6) is 0 Å². The summed E-state index contributed by atoms with van der Waals surface area (Å²) in [5, 5.41) is 0. The first-order chi connectivity index (χ1) is 9.34. The summed E-state index contributed by atoms with van der Waals surface area (Å²) in [5.41, 5.74) is 0.152. The van der Waals surface area contributed by atoms with E-state index in [1.807, 2.05) is 0 Å². The Kier molecular flexibility index (Phi) is 4.16. The van der Waals surface area contributed by atoms with Gasteiger partial charge >= 0.3 is 10.6 Å². The van der Waals surface area contributed by atoms with Crippen molar-refractivity contribution in [2.75, 3.05) is 4.90 Å². The van der Waals surface area contributed by atoms with Gasteiger partial charge in [-0.1, -0.05) is 59.6 Å². The first-order valence-electron chi connectivity index (χ1n) is 5.69. The maximum absolute atomic E-state index is 14.3. The fourth-order valence-corrected chi connectivity index (χ4v) is 1.92. The fourth-order valence-electron chi connectivity index (χ4n) is 1.75. The molecule has 0 atom stereocenters. The largest absolute Gasteiger partial charge is 0.392 e. The Morgan fingerprint density at radius 2 is 1.05 bits per heavy atom. The van der Waals surface area contributed by atoms with E-state index in [0.717, 1.165) is 0 Å². The molecule has 0 N–H and O–H groups in total. The minimum Gasteiger partial charge on any atom is -0.277 e. The van der Waals surface area contributed by atoms with Crippen LogP contribution in [0.4, 0.5) is 24.5 Å². The van der Waals surface area contributed by atoms with Crippen molar-refractivity contribution >= 4 is 34.6 Å². The molecule has 0 heterocycles. The first-order valence-corrected chi connectivity index (χ1v) is 6.44. The standard InChI is InChI=1S/C14H10Cl2F3N/c15-13(16,17)14(18,19)20(11-7-3-1-4-8-11)12-9-5-2-6-10-12/h1-10H. The number of hydrogen-bond acceptors (Lipinski definition) is 1. The predicted molar refractivity (Wildman–Crippen MR) is 75.5 cm³/mol. The molecule has 106 valence electrons. The molecule has 0 aromatic heterocycles. The molecule has 2 aromatic carbocycles. The van der Waals surface area contributed by atoms with Crippen molar-refractivity contribution in [1.82, 2.24) is 0 Å². The van der Waals surface area contributed by atoms with Crippen molar-refractivity contribution in [2.45, 2.75) is 10.6 Å². The van der Waals surface area contributed by atoms with E-state index in [4.69, 9.17) is 23.2 Å². The zero-order valence-electron chi connectivity index (χ0n) is 10.1. The molecule has 0 aliphatic carbocycles. The zero-order valence-corrected chi connectivity index (χ0v) is 11.6. The summed E-state index contributed by atoms with van der Waals surface area (Å²) in [6.07, 6.45) is 0. The Labute approximate surface area is 124 Å². The smallest absolute Gasteiger partial charge is 0.277 e. The van der Waals surface area contributed by atoms with Gasteiger partial charge in [-0.25, -0.2) is 0 Å². The molecule has 2 aromatic rings. The second-order valence-electron chi connectivity index (χ2n) is 4.05. The van der Waals surface area contributed by atoms with Gasteiger partial charge in [-0.05, 0) is 24.3 Å². The van der Waals surface area contributed by atoms with Crippen LogP contribution in [-0.2, 0) is 0 Å². The van der Waals surface area contributed by atoms with E-state index in [2.05, 4.69) is 0 Å². The van der Waals surface area contributed by atoms with Gasteiger partial charge in [-0.3, -0.25) is 4.90 Å². The number of para-hydroxylation sites is 2. The van der Waals surface area contributed by atoms with E-state index in [9.17, 15) is 13.2 Å². The minimum absolute atomic E-state index is 0.0759. The number of halogens is 5. The Morgan fingerprint density at radius 3 is 1.35 bits per heavy atom. The fraction of sp³-hybridized carbons (Fsp3) is 0.143. The minimum atomic E-state index is -4.14. The number of benzene rings is 2. The molecule has 1 nitrogen and oxygen atoms in total. The quantitative estimate of drug-likeness (QED) is 0.530. The summed E-state index contributed by atoms with van der Waals surface area (Å²) >= 11 is 10.1. The summed E-state index contributed by atoms with van der Waals surface area (Å²) in [6.45, 7) is 0. The molecular formula is C14H10Cl2F3N. The van der Waals surface area contributed by atoms with E-state index < -0.39 is 10.6 Å². The lowest BCUT2D eigenvalue weighted by Crippen LogP contribution is -2.49. The molecule has 0 aliphatic rings. The summed E-state index contributed by atoms with van der Waals surface area (Å²) in [6, 6.07) is 11.1. The molecule has 0 bridgehead atoms. The van der Waals surface area contributed by atoms with Crippen LogP contribution >= 0.6 is 23.2 Å². The summed E-state index contributed by atoms with van der Waals surface area (Å²) < 4.78 is 38.3. The van der Waals surface area contributed by atoms with E-state index in [-0.39, 0.29) is 11.4 Å². The van der Waals surface area contributed by atoms with Gasteiger partial charge in [0, 0.05) is 11.4 Å². The van der Waals surface area contributed by atoms with Crippen molar-refractivity contribution < 1.29 is 13.2 Å². The summed E-state index contributed by atoms with van der Waals surface area (Å²) in [7, 11) is 0. The molecular weight excluding hydrogens is 310 g/mol. The lowest BCUT2D eigenvalue weighted by molar-refractivity contribution is -0.0515. The third-order valence-corrected chi connectivity index (χ3v) is 3.11. The van der Waals surface area contributed by atoms with Gasteiger partial charge in [0.25, 0.3) is 0 Å². The molecule has 0 fully saturated rings. The number of anilines is 2. The molecule has 0 amide bonds. The lowest BCUT2D eigenvalue weighted by atomic mass is 10.2. The van der Waals surface area contributed by atoms with Gasteiger partial charge in [0.15, 0.2) is 0 Å². The average molecular weight is 320 g/mol. The van der Waals surface area contributed by atoms with Crippen LogP contribution in [0.2, 0.25) is 0 Å². The van der Waals surface area contributed by atoms with Crippen LogP contribution in [0, 0.1) is 0 Å². The second-order valence-corrected chi connectivity index (χ2v) is 5.28. The molecule has 0 spiro atoms. The van der Waals surface area contributed by atoms with Crippen molar-refractivity contribution in [3.05, 3.63) is 60.7 Å². The van der Waals surface area contributed by atoms with E-state index >= 15 is 0 Å². The van der Waals surface area contributed by atoms with Crippen LogP contribution in [-0.4, -0.2) is 10.6 Å². The molecule has 0 saturated carbocycles. The maximum atomic E-state index is 14.3. The Balaban J connectivity index is 2.57. The summed E-state index contributed by atoms with van der Waals surface area (Å²) in [4.78, 5) is 0.465. The topological polar surface area (TPSA) is 3.24 Å². The number of hydrogen-bond donors (Lipinski definition) is 0. The monoisotopic (exact) mass is 319 g/mol. The van der Waals surface area contributed by atoms with Crippen molar-refractivity contribution in [3.8, 4) is 0 Å². The van der Waals surface area contributed by atoms with E-state index in [1.54, 1.807) is 36.4 Å². The predicted octanol–water partition coefficient (Wildman–Crippen LogP) is 5.52. The third-order valence-electron chi connectivity index (χ3n) is 2.65. The molecule has 20 heavy (non-hydrogen) atoms. The van der Waals surface area contributed by atoms with Gasteiger partial charge in [0.1, 0.15) is 0 Å². The Morgan fingerprint density at radius 1 is 0.700 bits per heavy atom. The SMILES string of the molecule is FC(Cl)(Cl)C(F)(F)N(c1ccccc1)c1ccccc1. The molecule has 0 aliphatic heterocycles. The Hall–Kier alpha value is -1.39. The zero-order chi connectivity index (χ0) is 14.8. The van der Waals surface area contributed by atoms with Gasteiger partial charge in [-0.2, -0.15) is 13.2 Å². The Bertz CT molecular complexity index is 516. The number of rotatable bonds is 4. The van der Waals surface area contributed by atoms with Crippen LogP contribution in [0.25, 0.3) is 0 Å². The van der Waals surface area contributed by atoms with Crippen LogP contribution in [0.1, 0.15) is 0 Å². The molecule has 6 heteroatoms. The van der Waals surface area contributed by atoms with Crippen LogP contribution in [0.3, 0.4) is 0 Å². The van der Waals surface area contributed by atoms with Gasteiger partial charge in [0.2, 0.25) is 0 Å². The van der Waals surface area contributed by atoms with Gasteiger partial charge < -0.3 is 0 Å². The van der Waals surface area contributed by atoms with Gasteiger partial charge in [0.05, 0.1) is 0 Å². The molecule has 0 saturated heterocycles. The van der Waals surface area contributed by atoms with Crippen molar-refractivity contribution in [3.63, 3.8) is 0 Å². The third kappa shape index (κ3) is 2.86. The summed E-state index contributed by atoms with van der Waals surface area (Å²) in [5.74, 6) is 0. The highest BCUT2D eigenvalue weighted by molar-refractivity contribution is 6.48. The normalized spacial score (nSPS) is 12.2. The maximum Gasteiger partial charge on any atom is 0.392 e. The highest BCUT2D eigenvalue weighted by Crippen LogP contribution is 2.47. The molecule has 2 rings (SSSR count). The average Bonchev–Trinajstić information content (AvgIpc) is 2.40. The van der Waals surface area contributed by atoms with Crippen molar-refractivity contribution in [1.29, 1.82) is 0 Å². The van der Waals surface area contributed by atoms with E-state index in [1.165, 1.54) is 24.3 Å². The molecule has 0 unspecified atom stereocenters. The van der Waals surface area contributed by atoms with E-state index in [0.29, 0.717) is 4.90 Å².